The molecule has 1 aliphatic rings. The third-order valence-corrected chi connectivity index (χ3v) is 4.92. The van der Waals surface area contributed by atoms with Crippen LogP contribution < -0.4 is 5.32 Å². The molecular formula is C20H18ClFN4O2. The molecule has 0 spiro atoms. The Hall–Kier alpha value is -2.93. The van der Waals surface area contributed by atoms with E-state index in [-0.39, 0.29) is 11.7 Å². The molecule has 1 atom stereocenters. The number of aromatic nitrogens is 2. The molecule has 8 heteroatoms. The number of likely N-dealkylation sites (tertiary alicyclic amines) is 1. The first-order chi connectivity index (χ1) is 13.6. The Morgan fingerprint density at radius 2 is 2.07 bits per heavy atom. The van der Waals surface area contributed by atoms with Crippen molar-refractivity contribution in [2.45, 2.75) is 25.3 Å². The summed E-state index contributed by atoms with van der Waals surface area (Å²) < 4.78 is 19.3. The molecule has 1 N–H and O–H groups in total. The van der Waals surface area contributed by atoms with Crippen LogP contribution in [0.4, 0.5) is 14.9 Å². The number of urea groups is 1. The van der Waals surface area contributed by atoms with Crippen molar-refractivity contribution in [2.75, 3.05) is 11.9 Å². The topological polar surface area (TPSA) is 71.3 Å². The van der Waals surface area contributed by atoms with E-state index < -0.39 is 11.8 Å². The molecule has 0 aliphatic carbocycles. The number of hydrogen-bond donors (Lipinski definition) is 1. The number of nitrogens with zero attached hydrogens (tertiary/aromatic N) is 3. The average Bonchev–Trinajstić information content (AvgIpc) is 3.20. The Morgan fingerprint density at radius 1 is 1.21 bits per heavy atom. The fourth-order valence-electron chi connectivity index (χ4n) is 3.30. The molecule has 144 valence electrons. The van der Waals surface area contributed by atoms with Gasteiger partial charge in [0.25, 0.3) is 0 Å². The number of para-hydroxylation sites is 1. The van der Waals surface area contributed by atoms with Crippen molar-refractivity contribution in [1.29, 1.82) is 0 Å². The van der Waals surface area contributed by atoms with Crippen molar-refractivity contribution < 1.29 is 13.7 Å². The van der Waals surface area contributed by atoms with Crippen molar-refractivity contribution >= 4 is 23.3 Å². The molecule has 2 heterocycles. The SMILES string of the molecule is O=C(Nc1ccccc1F)N1CCCCC1c1nc(-c2cccc(Cl)c2)no1. The van der Waals surface area contributed by atoms with Gasteiger partial charge in [0.2, 0.25) is 11.7 Å². The number of amides is 2. The summed E-state index contributed by atoms with van der Waals surface area (Å²) >= 11 is 6.03. The molecule has 1 unspecified atom stereocenters. The third-order valence-electron chi connectivity index (χ3n) is 4.69. The van der Waals surface area contributed by atoms with Crippen molar-refractivity contribution in [3.8, 4) is 11.4 Å². The van der Waals surface area contributed by atoms with Crippen LogP contribution in [0.5, 0.6) is 0 Å². The first-order valence-corrected chi connectivity index (χ1v) is 9.41. The van der Waals surface area contributed by atoms with Crippen LogP contribution in [0.25, 0.3) is 11.4 Å². The Kier molecular flexibility index (Phi) is 5.25. The Balaban J connectivity index is 1.56. The second-order valence-electron chi connectivity index (χ2n) is 6.58. The van der Waals surface area contributed by atoms with Crippen LogP contribution in [-0.4, -0.2) is 27.6 Å². The lowest BCUT2D eigenvalue weighted by Crippen LogP contribution is -2.41. The van der Waals surface area contributed by atoms with E-state index in [9.17, 15) is 9.18 Å². The molecule has 0 bridgehead atoms. The molecule has 28 heavy (non-hydrogen) atoms. The van der Waals surface area contributed by atoms with Gasteiger partial charge in [-0.25, -0.2) is 9.18 Å². The molecule has 1 saturated heterocycles. The molecular weight excluding hydrogens is 383 g/mol. The van der Waals surface area contributed by atoms with E-state index in [4.69, 9.17) is 16.1 Å². The summed E-state index contributed by atoms with van der Waals surface area (Å²) in [6.45, 7) is 0.528. The van der Waals surface area contributed by atoms with E-state index in [0.717, 1.165) is 18.4 Å². The fourth-order valence-corrected chi connectivity index (χ4v) is 3.49. The monoisotopic (exact) mass is 400 g/mol. The van der Waals surface area contributed by atoms with E-state index in [1.165, 1.54) is 12.1 Å². The number of rotatable bonds is 3. The Bertz CT molecular complexity index is 994. The number of hydrogen-bond acceptors (Lipinski definition) is 4. The van der Waals surface area contributed by atoms with Crippen molar-refractivity contribution in [2.24, 2.45) is 0 Å². The van der Waals surface area contributed by atoms with Crippen molar-refractivity contribution in [3.05, 3.63) is 65.3 Å². The van der Waals surface area contributed by atoms with Gasteiger partial charge in [0.15, 0.2) is 0 Å². The van der Waals surface area contributed by atoms with Crippen LogP contribution in [0.1, 0.15) is 31.2 Å². The average molecular weight is 401 g/mol. The lowest BCUT2D eigenvalue weighted by molar-refractivity contribution is 0.142. The number of anilines is 1. The smallest absolute Gasteiger partial charge is 0.322 e. The van der Waals surface area contributed by atoms with Gasteiger partial charge in [-0.05, 0) is 43.5 Å². The minimum atomic E-state index is -0.481. The van der Waals surface area contributed by atoms with Crippen LogP contribution in [0.2, 0.25) is 5.02 Å². The molecule has 6 nitrogen and oxygen atoms in total. The fraction of sp³-hybridized carbons (Fsp3) is 0.250. The second-order valence-corrected chi connectivity index (χ2v) is 7.02. The lowest BCUT2D eigenvalue weighted by Gasteiger charge is -2.33. The molecule has 2 aromatic carbocycles. The highest BCUT2D eigenvalue weighted by atomic mass is 35.5. The summed E-state index contributed by atoms with van der Waals surface area (Å²) in [5, 5.41) is 7.24. The summed E-state index contributed by atoms with van der Waals surface area (Å²) in [5.74, 6) is 0.293. The molecule has 2 amide bonds. The zero-order valence-corrected chi connectivity index (χ0v) is 15.7. The standard InChI is InChI=1S/C20H18ClFN4O2/c21-14-7-5-6-13(12-14)18-24-19(28-25-18)17-10-3-4-11-26(17)20(27)23-16-9-2-1-8-15(16)22/h1-2,5-9,12,17H,3-4,10-11H2,(H,23,27). The minimum absolute atomic E-state index is 0.141. The van der Waals surface area contributed by atoms with Gasteiger partial charge >= 0.3 is 6.03 Å². The molecule has 3 aromatic rings. The molecule has 4 rings (SSSR count). The maximum atomic E-state index is 13.9. The van der Waals surface area contributed by atoms with Gasteiger partial charge in [-0.2, -0.15) is 4.98 Å². The first-order valence-electron chi connectivity index (χ1n) is 9.03. The van der Waals surface area contributed by atoms with E-state index in [2.05, 4.69) is 15.5 Å². The number of carbonyl (C=O) groups is 1. The molecule has 0 saturated carbocycles. The van der Waals surface area contributed by atoms with Gasteiger partial charge in [0.1, 0.15) is 11.9 Å². The maximum absolute atomic E-state index is 13.9. The molecule has 1 aromatic heterocycles. The highest BCUT2D eigenvalue weighted by Gasteiger charge is 2.32. The van der Waals surface area contributed by atoms with Gasteiger partial charge in [0.05, 0.1) is 5.69 Å². The van der Waals surface area contributed by atoms with Crippen molar-refractivity contribution in [3.63, 3.8) is 0 Å². The first kappa shape index (κ1) is 18.4. The molecule has 1 fully saturated rings. The minimum Gasteiger partial charge on any atom is -0.337 e. The predicted octanol–water partition coefficient (Wildman–Crippen LogP) is 5.29. The van der Waals surface area contributed by atoms with E-state index in [0.29, 0.717) is 29.7 Å². The van der Waals surface area contributed by atoms with Crippen LogP contribution in [0, 0.1) is 5.82 Å². The number of halogens is 2. The molecule has 1 aliphatic heterocycles. The van der Waals surface area contributed by atoms with E-state index in [1.807, 2.05) is 12.1 Å². The highest BCUT2D eigenvalue weighted by Crippen LogP contribution is 2.32. The summed E-state index contributed by atoms with van der Waals surface area (Å²) in [4.78, 5) is 18.9. The normalized spacial score (nSPS) is 16.8. The van der Waals surface area contributed by atoms with Gasteiger partial charge in [0, 0.05) is 17.1 Å². The lowest BCUT2D eigenvalue weighted by atomic mass is 10.0. The number of benzene rings is 2. The quantitative estimate of drug-likeness (QED) is 0.648. The zero-order chi connectivity index (χ0) is 19.5. The maximum Gasteiger partial charge on any atom is 0.322 e. The van der Waals surface area contributed by atoms with Gasteiger partial charge in [-0.1, -0.05) is 41.0 Å². The van der Waals surface area contributed by atoms with Gasteiger partial charge in [-0.15, -0.1) is 0 Å². The van der Waals surface area contributed by atoms with Crippen molar-refractivity contribution in [1.82, 2.24) is 15.0 Å². The summed E-state index contributed by atoms with van der Waals surface area (Å²) in [7, 11) is 0. The van der Waals surface area contributed by atoms with Gasteiger partial charge in [-0.3, -0.25) is 0 Å². The van der Waals surface area contributed by atoms with Crippen LogP contribution in [0.3, 0.4) is 0 Å². The van der Waals surface area contributed by atoms with Crippen LogP contribution in [-0.2, 0) is 0 Å². The molecule has 0 radical (unpaired) electrons. The number of carbonyl (C=O) groups excluding carboxylic acids is 1. The predicted molar refractivity (Wildman–Crippen MR) is 103 cm³/mol. The van der Waals surface area contributed by atoms with Crippen LogP contribution >= 0.6 is 11.6 Å². The Labute approximate surface area is 166 Å². The largest absolute Gasteiger partial charge is 0.337 e. The summed E-state index contributed by atoms with van der Waals surface area (Å²) in [6, 6.07) is 12.5. The second kappa shape index (κ2) is 7.98. The number of nitrogens with one attached hydrogen (secondary N) is 1. The summed E-state index contributed by atoms with van der Waals surface area (Å²) in [5.41, 5.74) is 0.877. The summed E-state index contributed by atoms with van der Waals surface area (Å²) in [6.07, 6.45) is 2.49. The van der Waals surface area contributed by atoms with E-state index in [1.54, 1.807) is 29.2 Å². The third kappa shape index (κ3) is 3.84. The Morgan fingerprint density at radius 3 is 2.89 bits per heavy atom. The number of piperidine rings is 1. The van der Waals surface area contributed by atoms with E-state index >= 15 is 0 Å². The zero-order valence-electron chi connectivity index (χ0n) is 14.9. The van der Waals surface area contributed by atoms with Crippen LogP contribution in [0.15, 0.2) is 53.1 Å². The highest BCUT2D eigenvalue weighted by molar-refractivity contribution is 6.30. The van der Waals surface area contributed by atoms with Gasteiger partial charge < -0.3 is 14.7 Å².